The summed E-state index contributed by atoms with van der Waals surface area (Å²) in [7, 11) is 0. The van der Waals surface area contributed by atoms with Crippen LogP contribution in [0.1, 0.15) is 30.0 Å². The number of anilines is 2. The van der Waals surface area contributed by atoms with Crippen molar-refractivity contribution in [3.8, 4) is 0 Å². The van der Waals surface area contributed by atoms with Crippen molar-refractivity contribution >= 4 is 34.8 Å². The normalized spacial score (nSPS) is 10.4. The molecule has 0 fully saturated rings. The lowest BCUT2D eigenvalue weighted by molar-refractivity contribution is -0.117. The molecule has 2 aromatic rings. The van der Waals surface area contributed by atoms with Gasteiger partial charge in [-0.15, -0.1) is 0 Å². The molecule has 0 aliphatic rings. The van der Waals surface area contributed by atoms with E-state index < -0.39 is 0 Å². The number of carbonyl (C=O) groups excluding carboxylic acids is 2. The number of hydrogen-bond donors (Lipinski definition) is 1. The molecule has 0 heterocycles. The third-order valence-corrected chi connectivity index (χ3v) is 4.16. The van der Waals surface area contributed by atoms with E-state index in [0.29, 0.717) is 11.6 Å². The molecule has 0 aliphatic carbocycles. The van der Waals surface area contributed by atoms with E-state index >= 15 is 0 Å². The Labute approximate surface area is 153 Å². The number of nitrogens with zero attached hydrogens (tertiary/aromatic N) is 1. The molecule has 4 nitrogen and oxygen atoms in total. The fraction of sp³-hybridized carbons (Fsp3) is 0.300. The zero-order valence-electron chi connectivity index (χ0n) is 15.0. The Morgan fingerprint density at radius 1 is 1.04 bits per heavy atom. The van der Waals surface area contributed by atoms with Gasteiger partial charge in [-0.25, -0.2) is 0 Å². The molecule has 2 aromatic carbocycles. The standard InChI is InChI=1S/C20H23ClN2O2/c1-13-9-14(2)11-18(10-13)23(16(4)24)8-7-20(25)22-19-6-5-17(21)12-15(19)3/h5-6,9-12H,7-8H2,1-4H3,(H,22,25). The molecule has 0 unspecified atom stereocenters. The first-order chi connectivity index (χ1) is 11.8. The van der Waals surface area contributed by atoms with E-state index in [4.69, 9.17) is 11.6 Å². The van der Waals surface area contributed by atoms with Crippen LogP contribution >= 0.6 is 11.6 Å². The van der Waals surface area contributed by atoms with E-state index in [9.17, 15) is 9.59 Å². The summed E-state index contributed by atoms with van der Waals surface area (Å²) in [4.78, 5) is 25.9. The summed E-state index contributed by atoms with van der Waals surface area (Å²) in [6.07, 6.45) is 0.217. The van der Waals surface area contributed by atoms with Gasteiger partial charge in [0.15, 0.2) is 0 Å². The number of benzene rings is 2. The number of amides is 2. The third-order valence-electron chi connectivity index (χ3n) is 3.92. The number of halogens is 1. The van der Waals surface area contributed by atoms with Gasteiger partial charge in [-0.3, -0.25) is 9.59 Å². The monoisotopic (exact) mass is 358 g/mol. The van der Waals surface area contributed by atoms with Crippen molar-refractivity contribution < 1.29 is 9.59 Å². The summed E-state index contributed by atoms with van der Waals surface area (Å²) >= 11 is 5.93. The van der Waals surface area contributed by atoms with Crippen LogP contribution in [0, 0.1) is 20.8 Å². The summed E-state index contributed by atoms with van der Waals surface area (Å²) in [6, 6.07) is 11.3. The van der Waals surface area contributed by atoms with E-state index in [1.54, 1.807) is 23.1 Å². The minimum atomic E-state index is -0.138. The lowest BCUT2D eigenvalue weighted by atomic mass is 10.1. The molecule has 0 spiro atoms. The Bertz CT molecular complexity index is 782. The van der Waals surface area contributed by atoms with Gasteiger partial charge in [0.2, 0.25) is 11.8 Å². The second kappa shape index (κ2) is 8.17. The first-order valence-electron chi connectivity index (χ1n) is 8.18. The van der Waals surface area contributed by atoms with Crippen LogP contribution in [0.2, 0.25) is 5.02 Å². The SMILES string of the molecule is CC(=O)N(CCC(=O)Nc1ccc(Cl)cc1C)c1cc(C)cc(C)c1. The highest BCUT2D eigenvalue weighted by atomic mass is 35.5. The zero-order chi connectivity index (χ0) is 18.6. The van der Waals surface area contributed by atoms with Crippen molar-refractivity contribution in [2.24, 2.45) is 0 Å². The van der Waals surface area contributed by atoms with Crippen molar-refractivity contribution in [3.05, 3.63) is 58.1 Å². The summed E-state index contributed by atoms with van der Waals surface area (Å²) in [5.74, 6) is -0.221. The largest absolute Gasteiger partial charge is 0.326 e. The highest BCUT2D eigenvalue weighted by Crippen LogP contribution is 2.21. The van der Waals surface area contributed by atoms with E-state index in [2.05, 4.69) is 11.4 Å². The van der Waals surface area contributed by atoms with Gasteiger partial charge >= 0.3 is 0 Å². The van der Waals surface area contributed by atoms with Gasteiger partial charge in [0.25, 0.3) is 0 Å². The summed E-state index contributed by atoms with van der Waals surface area (Å²) in [6.45, 7) is 7.71. The van der Waals surface area contributed by atoms with E-state index in [1.165, 1.54) is 6.92 Å². The fourth-order valence-corrected chi connectivity index (χ4v) is 2.99. The van der Waals surface area contributed by atoms with Crippen LogP contribution in [0.15, 0.2) is 36.4 Å². The molecule has 0 atom stereocenters. The smallest absolute Gasteiger partial charge is 0.226 e. The van der Waals surface area contributed by atoms with Gasteiger partial charge in [0.1, 0.15) is 0 Å². The van der Waals surface area contributed by atoms with Crippen LogP contribution in [0.3, 0.4) is 0 Å². The van der Waals surface area contributed by atoms with E-state index in [1.807, 2.05) is 32.9 Å². The highest BCUT2D eigenvalue weighted by molar-refractivity contribution is 6.30. The first kappa shape index (κ1) is 19.0. The average Bonchev–Trinajstić information content (AvgIpc) is 2.49. The molecule has 0 bridgehead atoms. The van der Waals surface area contributed by atoms with Crippen LogP contribution in [-0.2, 0) is 9.59 Å². The zero-order valence-corrected chi connectivity index (χ0v) is 15.8. The van der Waals surface area contributed by atoms with Gasteiger partial charge in [0, 0.05) is 36.3 Å². The Morgan fingerprint density at radius 2 is 1.68 bits per heavy atom. The van der Waals surface area contributed by atoms with Crippen LogP contribution in [0.4, 0.5) is 11.4 Å². The summed E-state index contributed by atoms with van der Waals surface area (Å²) in [5, 5.41) is 3.50. The minimum Gasteiger partial charge on any atom is -0.326 e. The number of nitrogens with one attached hydrogen (secondary N) is 1. The molecule has 5 heteroatoms. The van der Waals surface area contributed by atoms with Gasteiger partial charge in [-0.05, 0) is 67.8 Å². The molecule has 132 valence electrons. The topological polar surface area (TPSA) is 49.4 Å². The Balaban J connectivity index is 2.05. The maximum atomic E-state index is 12.3. The highest BCUT2D eigenvalue weighted by Gasteiger charge is 2.14. The molecule has 0 aliphatic heterocycles. The van der Waals surface area contributed by atoms with Crippen LogP contribution in [0.25, 0.3) is 0 Å². The lowest BCUT2D eigenvalue weighted by Crippen LogP contribution is -2.32. The predicted molar refractivity (Wildman–Crippen MR) is 103 cm³/mol. The van der Waals surface area contributed by atoms with Crippen molar-refractivity contribution in [1.29, 1.82) is 0 Å². The Morgan fingerprint density at radius 3 is 2.24 bits per heavy atom. The molecule has 1 N–H and O–H groups in total. The maximum Gasteiger partial charge on any atom is 0.226 e. The van der Waals surface area contributed by atoms with Crippen LogP contribution < -0.4 is 10.2 Å². The van der Waals surface area contributed by atoms with Crippen molar-refractivity contribution in [3.63, 3.8) is 0 Å². The lowest BCUT2D eigenvalue weighted by Gasteiger charge is -2.22. The minimum absolute atomic E-state index is 0.0829. The van der Waals surface area contributed by atoms with Gasteiger partial charge in [-0.2, -0.15) is 0 Å². The Kier molecular flexibility index (Phi) is 6.21. The molecule has 0 radical (unpaired) electrons. The molecular formula is C20H23ClN2O2. The van der Waals surface area contributed by atoms with Crippen molar-refractivity contribution in [1.82, 2.24) is 0 Å². The van der Waals surface area contributed by atoms with E-state index in [0.717, 1.165) is 28.1 Å². The molecule has 2 rings (SSSR count). The average molecular weight is 359 g/mol. The summed E-state index contributed by atoms with van der Waals surface area (Å²) < 4.78 is 0. The Hall–Kier alpha value is -2.33. The predicted octanol–water partition coefficient (Wildman–Crippen LogP) is 4.65. The van der Waals surface area contributed by atoms with Crippen LogP contribution in [-0.4, -0.2) is 18.4 Å². The molecule has 0 aromatic heterocycles. The van der Waals surface area contributed by atoms with Crippen molar-refractivity contribution in [2.45, 2.75) is 34.1 Å². The van der Waals surface area contributed by atoms with E-state index in [-0.39, 0.29) is 18.2 Å². The summed E-state index contributed by atoms with van der Waals surface area (Å²) in [5.41, 5.74) is 4.62. The fourth-order valence-electron chi connectivity index (χ4n) is 2.77. The number of hydrogen-bond acceptors (Lipinski definition) is 2. The van der Waals surface area contributed by atoms with Gasteiger partial charge in [-0.1, -0.05) is 17.7 Å². The van der Waals surface area contributed by atoms with Crippen LogP contribution in [0.5, 0.6) is 0 Å². The second-order valence-electron chi connectivity index (χ2n) is 6.27. The number of aryl methyl sites for hydroxylation is 3. The van der Waals surface area contributed by atoms with Gasteiger partial charge < -0.3 is 10.2 Å². The maximum absolute atomic E-state index is 12.3. The number of rotatable bonds is 5. The first-order valence-corrected chi connectivity index (χ1v) is 8.56. The molecule has 0 saturated carbocycles. The molecular weight excluding hydrogens is 336 g/mol. The molecule has 2 amide bonds. The van der Waals surface area contributed by atoms with Crippen molar-refractivity contribution in [2.75, 3.05) is 16.8 Å². The third kappa shape index (κ3) is 5.33. The molecule has 25 heavy (non-hydrogen) atoms. The number of carbonyl (C=O) groups is 2. The second-order valence-corrected chi connectivity index (χ2v) is 6.71. The quantitative estimate of drug-likeness (QED) is 0.845. The molecule has 0 saturated heterocycles. The van der Waals surface area contributed by atoms with Gasteiger partial charge in [0.05, 0.1) is 0 Å².